The monoisotopic (exact) mass is 269 g/mol. The van der Waals surface area contributed by atoms with Gasteiger partial charge in [-0.3, -0.25) is 4.90 Å². The molecule has 104 valence electrons. The highest BCUT2D eigenvalue weighted by Gasteiger charge is 2.22. The molecule has 0 fully saturated rings. The van der Waals surface area contributed by atoms with Crippen molar-refractivity contribution in [1.29, 1.82) is 0 Å². The quantitative estimate of drug-likeness (QED) is 0.786. The van der Waals surface area contributed by atoms with Crippen molar-refractivity contribution in [3.8, 4) is 0 Å². The molecule has 18 heavy (non-hydrogen) atoms. The van der Waals surface area contributed by atoms with Crippen LogP contribution >= 0.6 is 11.3 Å². The summed E-state index contributed by atoms with van der Waals surface area (Å²) in [6, 6.07) is 2.72. The number of nitrogens with zero attached hydrogens (tertiary/aromatic N) is 2. The van der Waals surface area contributed by atoms with E-state index in [0.717, 1.165) is 19.6 Å². The van der Waals surface area contributed by atoms with Gasteiger partial charge in [0.25, 0.3) is 0 Å². The molecule has 0 aromatic carbocycles. The Kier molecular flexibility index (Phi) is 6.86. The number of hydrogen-bond donors (Lipinski definition) is 1. The van der Waals surface area contributed by atoms with Crippen LogP contribution in [-0.4, -0.2) is 49.6 Å². The highest BCUT2D eigenvalue weighted by atomic mass is 32.1. The van der Waals surface area contributed by atoms with Crippen molar-refractivity contribution in [3.63, 3.8) is 0 Å². The molecular formula is C14H27N3S. The van der Waals surface area contributed by atoms with Gasteiger partial charge in [0.2, 0.25) is 0 Å². The average molecular weight is 269 g/mol. The molecule has 3 nitrogen and oxygen atoms in total. The van der Waals surface area contributed by atoms with Crippen LogP contribution in [-0.2, 0) is 0 Å². The maximum absolute atomic E-state index is 6.19. The van der Waals surface area contributed by atoms with E-state index in [9.17, 15) is 0 Å². The molecule has 0 aliphatic rings. The van der Waals surface area contributed by atoms with Crippen LogP contribution in [0.4, 0.5) is 0 Å². The number of likely N-dealkylation sites (N-methyl/N-ethyl adjacent to an activating group) is 1. The van der Waals surface area contributed by atoms with E-state index in [1.807, 2.05) is 0 Å². The van der Waals surface area contributed by atoms with E-state index in [0.29, 0.717) is 6.04 Å². The lowest BCUT2D eigenvalue weighted by atomic mass is 10.0. The van der Waals surface area contributed by atoms with Crippen LogP contribution in [0.15, 0.2) is 16.8 Å². The van der Waals surface area contributed by atoms with Gasteiger partial charge in [-0.15, -0.1) is 0 Å². The smallest absolute Gasteiger partial charge is 0.0504 e. The Morgan fingerprint density at radius 3 is 2.50 bits per heavy atom. The summed E-state index contributed by atoms with van der Waals surface area (Å²) in [7, 11) is 4.25. The molecule has 0 saturated heterocycles. The minimum absolute atomic E-state index is 0.166. The fraction of sp³-hybridized carbons (Fsp3) is 0.714. The molecule has 0 saturated carbocycles. The maximum atomic E-state index is 6.19. The van der Waals surface area contributed by atoms with E-state index in [4.69, 9.17) is 5.73 Å². The summed E-state index contributed by atoms with van der Waals surface area (Å²) in [6.07, 6.45) is 1.19. The maximum Gasteiger partial charge on any atom is 0.0504 e. The minimum Gasteiger partial charge on any atom is -0.326 e. The van der Waals surface area contributed by atoms with Crippen LogP contribution < -0.4 is 5.73 Å². The lowest BCUT2D eigenvalue weighted by Crippen LogP contribution is -2.40. The lowest BCUT2D eigenvalue weighted by Gasteiger charge is -2.33. The summed E-state index contributed by atoms with van der Waals surface area (Å²) < 4.78 is 0. The normalized spacial score (nSPS) is 15.3. The lowest BCUT2D eigenvalue weighted by molar-refractivity contribution is 0.177. The fourth-order valence-corrected chi connectivity index (χ4v) is 3.06. The van der Waals surface area contributed by atoms with Crippen molar-refractivity contribution in [2.45, 2.75) is 32.4 Å². The first-order valence-electron chi connectivity index (χ1n) is 6.72. The van der Waals surface area contributed by atoms with Crippen LogP contribution in [0.1, 0.15) is 31.9 Å². The molecule has 4 heteroatoms. The van der Waals surface area contributed by atoms with Gasteiger partial charge >= 0.3 is 0 Å². The van der Waals surface area contributed by atoms with Crippen LogP contribution in [0.2, 0.25) is 0 Å². The molecule has 2 atom stereocenters. The first-order valence-corrected chi connectivity index (χ1v) is 7.67. The second kappa shape index (κ2) is 7.89. The van der Waals surface area contributed by atoms with Crippen molar-refractivity contribution in [3.05, 3.63) is 22.4 Å². The average Bonchev–Trinajstić information content (AvgIpc) is 2.80. The van der Waals surface area contributed by atoms with Crippen LogP contribution in [0.5, 0.6) is 0 Å². The summed E-state index contributed by atoms with van der Waals surface area (Å²) in [5.74, 6) is 0. The molecule has 0 bridgehead atoms. The van der Waals surface area contributed by atoms with Gasteiger partial charge in [-0.25, -0.2) is 0 Å². The van der Waals surface area contributed by atoms with Gasteiger partial charge in [-0.05, 0) is 62.9 Å². The third-order valence-corrected chi connectivity index (χ3v) is 3.93. The summed E-state index contributed by atoms with van der Waals surface area (Å²) in [5.41, 5.74) is 7.55. The Morgan fingerprint density at radius 1 is 1.33 bits per heavy atom. The van der Waals surface area contributed by atoms with Crippen LogP contribution in [0.25, 0.3) is 0 Å². The zero-order valence-electron chi connectivity index (χ0n) is 12.1. The molecule has 1 aromatic heterocycles. The van der Waals surface area contributed by atoms with Crippen molar-refractivity contribution in [2.75, 3.05) is 33.7 Å². The predicted molar refractivity (Wildman–Crippen MR) is 81.1 cm³/mol. The Bertz CT molecular complexity index is 309. The Labute approximate surface area is 116 Å². The third kappa shape index (κ3) is 4.69. The predicted octanol–water partition coefficient (Wildman–Crippen LogP) is 2.41. The molecule has 1 aromatic rings. The van der Waals surface area contributed by atoms with Gasteiger partial charge < -0.3 is 10.6 Å². The van der Waals surface area contributed by atoms with E-state index >= 15 is 0 Å². The van der Waals surface area contributed by atoms with Gasteiger partial charge in [-0.2, -0.15) is 11.3 Å². The van der Waals surface area contributed by atoms with E-state index in [-0.39, 0.29) is 6.04 Å². The van der Waals surface area contributed by atoms with Crippen molar-refractivity contribution < 1.29 is 0 Å². The number of hydrogen-bond acceptors (Lipinski definition) is 4. The molecular weight excluding hydrogens is 242 g/mol. The molecule has 1 heterocycles. The molecule has 0 aliphatic carbocycles. The van der Waals surface area contributed by atoms with Gasteiger partial charge in [0.05, 0.1) is 6.04 Å². The Balaban J connectivity index is 2.64. The molecule has 0 amide bonds. The molecule has 0 radical (unpaired) electrons. The summed E-state index contributed by atoms with van der Waals surface area (Å²) in [5, 5.41) is 4.36. The second-order valence-electron chi connectivity index (χ2n) is 5.15. The largest absolute Gasteiger partial charge is 0.326 e. The Morgan fingerprint density at radius 2 is 2.06 bits per heavy atom. The minimum atomic E-state index is 0.166. The highest BCUT2D eigenvalue weighted by Crippen LogP contribution is 2.25. The summed E-state index contributed by atoms with van der Waals surface area (Å²) >= 11 is 1.75. The van der Waals surface area contributed by atoms with Crippen molar-refractivity contribution >= 4 is 11.3 Å². The summed E-state index contributed by atoms with van der Waals surface area (Å²) in [4.78, 5) is 4.73. The molecule has 0 spiro atoms. The standard InChI is InChI=1S/C14H27N3S/c1-5-17(9-6-8-16(3)4)14(12(2)15)13-7-10-18-11-13/h7,10-12,14H,5-6,8-9,15H2,1-4H3. The van der Waals surface area contributed by atoms with Crippen LogP contribution in [0, 0.1) is 0 Å². The van der Waals surface area contributed by atoms with Gasteiger partial charge in [-0.1, -0.05) is 6.92 Å². The first kappa shape index (κ1) is 15.6. The van der Waals surface area contributed by atoms with E-state index in [2.05, 4.69) is 54.6 Å². The zero-order chi connectivity index (χ0) is 13.5. The second-order valence-corrected chi connectivity index (χ2v) is 5.93. The van der Waals surface area contributed by atoms with Crippen LogP contribution in [0.3, 0.4) is 0 Å². The first-order chi connectivity index (χ1) is 8.56. The molecule has 2 unspecified atom stereocenters. The van der Waals surface area contributed by atoms with Gasteiger partial charge in [0, 0.05) is 12.6 Å². The highest BCUT2D eigenvalue weighted by molar-refractivity contribution is 7.07. The van der Waals surface area contributed by atoms with E-state index in [1.165, 1.54) is 12.0 Å². The zero-order valence-corrected chi connectivity index (χ0v) is 12.9. The van der Waals surface area contributed by atoms with E-state index in [1.54, 1.807) is 11.3 Å². The molecule has 0 aliphatic heterocycles. The van der Waals surface area contributed by atoms with E-state index < -0.39 is 0 Å². The van der Waals surface area contributed by atoms with Crippen molar-refractivity contribution in [1.82, 2.24) is 9.80 Å². The Hall–Kier alpha value is -0.420. The van der Waals surface area contributed by atoms with Crippen molar-refractivity contribution in [2.24, 2.45) is 5.73 Å². The third-order valence-electron chi connectivity index (χ3n) is 3.23. The SMILES string of the molecule is CCN(CCCN(C)C)C(c1ccsc1)C(C)N. The number of nitrogens with two attached hydrogens (primary N) is 1. The molecule has 2 N–H and O–H groups in total. The van der Waals surface area contributed by atoms with Gasteiger partial charge in [0.1, 0.15) is 0 Å². The topological polar surface area (TPSA) is 32.5 Å². The number of rotatable bonds is 8. The number of thiophene rings is 1. The fourth-order valence-electron chi connectivity index (χ4n) is 2.37. The van der Waals surface area contributed by atoms with Gasteiger partial charge in [0.15, 0.2) is 0 Å². The molecule has 1 rings (SSSR count). The summed E-state index contributed by atoms with van der Waals surface area (Å²) in [6.45, 7) is 7.62.